The molecule has 0 atom stereocenters. The maximum absolute atomic E-state index is 6.59. The van der Waals surface area contributed by atoms with Gasteiger partial charge in [-0.25, -0.2) is 0 Å². The molecule has 0 spiro atoms. The minimum absolute atomic E-state index is 0.172. The monoisotopic (exact) mass is 859 g/mol. The molecule has 2 nitrogen and oxygen atoms in total. The summed E-state index contributed by atoms with van der Waals surface area (Å²) in [6.45, 7) is 4.73. The van der Waals surface area contributed by atoms with Gasteiger partial charge < -0.3 is 9.32 Å². The fourth-order valence-electron chi connectivity index (χ4n) is 11.4. The van der Waals surface area contributed by atoms with Crippen LogP contribution in [0.1, 0.15) is 25.0 Å². The van der Waals surface area contributed by atoms with Crippen LogP contribution in [-0.2, 0) is 5.41 Å². The van der Waals surface area contributed by atoms with Crippen LogP contribution in [0.3, 0.4) is 0 Å². The van der Waals surface area contributed by atoms with Gasteiger partial charge in [-0.2, -0.15) is 0 Å². The van der Waals surface area contributed by atoms with Gasteiger partial charge in [-0.05, 0) is 137 Å². The van der Waals surface area contributed by atoms with E-state index in [-0.39, 0.29) is 5.41 Å². The molecule has 0 N–H and O–H groups in total. The van der Waals surface area contributed by atoms with Crippen molar-refractivity contribution >= 4 is 124 Å². The maximum Gasteiger partial charge on any atom is 0.137 e. The molecular formula is C63H41NOS. The first-order valence-corrected chi connectivity index (χ1v) is 23.6. The molecule has 66 heavy (non-hydrogen) atoms. The Hall–Kier alpha value is -7.98. The highest BCUT2D eigenvalue weighted by molar-refractivity contribution is 7.25. The van der Waals surface area contributed by atoms with Gasteiger partial charge in [-0.1, -0.05) is 166 Å². The summed E-state index contributed by atoms with van der Waals surface area (Å²) in [4.78, 5) is 2.48. The summed E-state index contributed by atoms with van der Waals surface area (Å²) in [5, 5.41) is 16.9. The van der Waals surface area contributed by atoms with E-state index in [1.165, 1.54) is 96.3 Å². The summed E-state index contributed by atoms with van der Waals surface area (Å²) < 4.78 is 9.19. The second-order valence-corrected chi connectivity index (χ2v) is 19.4. The van der Waals surface area contributed by atoms with Crippen molar-refractivity contribution in [3.8, 4) is 11.1 Å². The number of nitrogens with zero attached hydrogens (tertiary/aromatic N) is 1. The van der Waals surface area contributed by atoms with E-state index in [4.69, 9.17) is 4.42 Å². The molecule has 0 radical (unpaired) electrons. The second-order valence-electron chi connectivity index (χ2n) is 18.3. The predicted molar refractivity (Wildman–Crippen MR) is 284 cm³/mol. The number of furan rings is 1. The van der Waals surface area contributed by atoms with Crippen LogP contribution < -0.4 is 4.90 Å². The van der Waals surface area contributed by atoms with Crippen molar-refractivity contribution in [2.45, 2.75) is 19.3 Å². The van der Waals surface area contributed by atoms with Gasteiger partial charge in [0.1, 0.15) is 11.2 Å². The van der Waals surface area contributed by atoms with Crippen molar-refractivity contribution in [2.24, 2.45) is 0 Å². The van der Waals surface area contributed by atoms with Crippen molar-refractivity contribution < 1.29 is 4.42 Å². The SMILES string of the molecule is CC1(C)c2ccccc2-c2ccc(N(c3ccc4c(c3)c3ccccc3c3ccccc3c3ccccc3c3cc5sc6ccccc6c5cc43)c3cccc4oc5ccccc5c34)cc21. The molecule has 3 heteroatoms. The predicted octanol–water partition coefficient (Wildman–Crippen LogP) is 18.6. The van der Waals surface area contributed by atoms with E-state index in [2.05, 4.69) is 231 Å². The Morgan fingerprint density at radius 3 is 1.59 bits per heavy atom. The number of anilines is 3. The van der Waals surface area contributed by atoms with Gasteiger partial charge >= 0.3 is 0 Å². The van der Waals surface area contributed by atoms with Crippen molar-refractivity contribution in [1.82, 2.24) is 0 Å². The van der Waals surface area contributed by atoms with E-state index in [0.29, 0.717) is 0 Å². The van der Waals surface area contributed by atoms with E-state index in [9.17, 15) is 0 Å². The molecule has 1 aliphatic carbocycles. The van der Waals surface area contributed by atoms with Crippen molar-refractivity contribution in [2.75, 3.05) is 4.90 Å². The molecule has 0 saturated heterocycles. The van der Waals surface area contributed by atoms with E-state index in [0.717, 1.165) is 39.0 Å². The Bertz CT molecular complexity index is 4280. The summed E-state index contributed by atoms with van der Waals surface area (Å²) in [5.41, 5.74) is 10.1. The zero-order valence-electron chi connectivity index (χ0n) is 36.5. The summed E-state index contributed by atoms with van der Waals surface area (Å²) in [5.74, 6) is 0. The molecule has 310 valence electrons. The number of hydrogen-bond donors (Lipinski definition) is 0. The van der Waals surface area contributed by atoms with Crippen LogP contribution in [0, 0.1) is 0 Å². The molecule has 0 aliphatic heterocycles. The highest BCUT2D eigenvalue weighted by Crippen LogP contribution is 2.52. The molecule has 0 unspecified atom stereocenters. The fraction of sp³-hybridized carbons (Fsp3) is 0.0476. The lowest BCUT2D eigenvalue weighted by Crippen LogP contribution is -2.16. The van der Waals surface area contributed by atoms with Crippen molar-refractivity contribution in [3.63, 3.8) is 0 Å². The molecule has 0 bridgehead atoms. The average Bonchev–Trinajstić information content (AvgIpc) is 4.01. The number of hydrogen-bond acceptors (Lipinski definition) is 3. The van der Waals surface area contributed by atoms with E-state index in [1.54, 1.807) is 0 Å². The van der Waals surface area contributed by atoms with E-state index in [1.807, 2.05) is 11.3 Å². The minimum atomic E-state index is -0.172. The fourth-order valence-corrected chi connectivity index (χ4v) is 12.5. The lowest BCUT2D eigenvalue weighted by atomic mass is 9.82. The van der Waals surface area contributed by atoms with E-state index >= 15 is 0 Å². The number of benzene rings is 10. The second kappa shape index (κ2) is 14.0. The molecule has 13 aromatic rings. The van der Waals surface area contributed by atoms with Crippen LogP contribution in [-0.4, -0.2) is 0 Å². The van der Waals surface area contributed by atoms with Gasteiger partial charge in [-0.15, -0.1) is 11.3 Å². The molecule has 2 heterocycles. The summed E-state index contributed by atoms with van der Waals surface area (Å²) in [7, 11) is 0. The summed E-state index contributed by atoms with van der Waals surface area (Å²) in [6.07, 6.45) is 0. The van der Waals surface area contributed by atoms with Crippen LogP contribution in [0.4, 0.5) is 17.1 Å². The van der Waals surface area contributed by atoms with Crippen LogP contribution in [0.25, 0.3) is 107 Å². The molecule has 0 amide bonds. The Morgan fingerprint density at radius 2 is 0.864 bits per heavy atom. The van der Waals surface area contributed by atoms with Gasteiger partial charge in [0.2, 0.25) is 0 Å². The quantitative estimate of drug-likeness (QED) is 0.176. The highest BCUT2D eigenvalue weighted by Gasteiger charge is 2.36. The third-order valence-electron chi connectivity index (χ3n) is 14.5. The van der Waals surface area contributed by atoms with E-state index < -0.39 is 0 Å². The van der Waals surface area contributed by atoms with Gasteiger partial charge in [0.05, 0.1) is 11.1 Å². The molecule has 0 saturated carbocycles. The van der Waals surface area contributed by atoms with Gasteiger partial charge in [0.25, 0.3) is 0 Å². The first-order chi connectivity index (χ1) is 32.5. The average molecular weight is 860 g/mol. The number of fused-ring (bicyclic) bond motifs is 19. The van der Waals surface area contributed by atoms with Crippen LogP contribution in [0.5, 0.6) is 0 Å². The molecule has 1 aliphatic rings. The first-order valence-electron chi connectivity index (χ1n) is 22.8. The first kappa shape index (κ1) is 37.4. The Balaban J connectivity index is 1.16. The standard InChI is InChI=1S/C63H41NOS/c1-63(2)55-25-12-9-22-47(55)48-33-31-39(35-56(48)63)64(57-26-15-28-59-62(57)50-24-10-13-27-58(50)65-59)38-30-32-46-51(34-38)44-20-7-5-18-42(44)40-16-3-4-17-41(40)43-19-6-8-21-45(43)53-37-61-54(36-52(46)53)49-23-11-14-29-60(49)66-61/h3-37H,1-2H3. The maximum atomic E-state index is 6.59. The normalized spacial score (nSPS) is 13.1. The third-order valence-corrected chi connectivity index (χ3v) is 15.6. The van der Waals surface area contributed by atoms with Gasteiger partial charge in [0.15, 0.2) is 0 Å². The Morgan fingerprint density at radius 1 is 0.348 bits per heavy atom. The zero-order valence-corrected chi connectivity index (χ0v) is 37.3. The lowest BCUT2D eigenvalue weighted by molar-refractivity contribution is 0.660. The Kier molecular flexibility index (Phi) is 7.94. The summed E-state index contributed by atoms with van der Waals surface area (Å²) in [6, 6.07) is 78.9. The zero-order chi connectivity index (χ0) is 43.7. The molecule has 0 fully saturated rings. The Labute approximate surface area is 385 Å². The lowest BCUT2D eigenvalue weighted by Gasteiger charge is -2.29. The molecular weight excluding hydrogens is 819 g/mol. The highest BCUT2D eigenvalue weighted by atomic mass is 32.1. The topological polar surface area (TPSA) is 16.4 Å². The van der Waals surface area contributed by atoms with Crippen LogP contribution in [0.15, 0.2) is 217 Å². The largest absolute Gasteiger partial charge is 0.456 e. The smallest absolute Gasteiger partial charge is 0.137 e. The number of thiophene rings is 1. The molecule has 11 aromatic carbocycles. The number of para-hydroxylation sites is 1. The summed E-state index contributed by atoms with van der Waals surface area (Å²) >= 11 is 1.88. The van der Waals surface area contributed by atoms with Crippen molar-refractivity contribution in [1.29, 1.82) is 0 Å². The van der Waals surface area contributed by atoms with Crippen LogP contribution >= 0.6 is 11.3 Å². The molecule has 14 rings (SSSR count). The number of rotatable bonds is 3. The third kappa shape index (κ3) is 5.35. The molecule has 2 aromatic heterocycles. The van der Waals surface area contributed by atoms with Gasteiger partial charge in [0, 0.05) is 42.3 Å². The minimum Gasteiger partial charge on any atom is -0.456 e. The van der Waals surface area contributed by atoms with Crippen molar-refractivity contribution in [3.05, 3.63) is 223 Å². The van der Waals surface area contributed by atoms with Crippen LogP contribution in [0.2, 0.25) is 0 Å². The van der Waals surface area contributed by atoms with Gasteiger partial charge in [-0.3, -0.25) is 0 Å².